The van der Waals surface area contributed by atoms with E-state index < -0.39 is 39.3 Å². The molecule has 1 atom stereocenters. The van der Waals surface area contributed by atoms with Gasteiger partial charge in [0.15, 0.2) is 9.04 Å². The van der Waals surface area contributed by atoms with Crippen molar-refractivity contribution in [2.45, 2.75) is 98.8 Å². The molecular weight excluding hydrogens is 583 g/mol. The molecule has 0 aliphatic rings. The maximum atomic E-state index is 13.8. The first-order valence-electron chi connectivity index (χ1n) is 14.7. The molecule has 0 aliphatic heterocycles. The predicted octanol–water partition coefficient (Wildman–Crippen LogP) is 7.56. The molecule has 12 heteroatoms. The molecule has 1 unspecified atom stereocenters. The number of hydrogen-bond donors (Lipinski definition) is 0. The maximum Gasteiger partial charge on any atom is 0.419 e. The molecule has 3 aromatic rings. The molecule has 0 amide bonds. The van der Waals surface area contributed by atoms with Crippen LogP contribution in [0.4, 0.5) is 10.5 Å². The number of carbonyl (C=O) groups is 1. The second kappa shape index (κ2) is 12.9. The first-order chi connectivity index (χ1) is 19.7. The molecule has 2 heterocycles. The van der Waals surface area contributed by atoms with E-state index in [0.29, 0.717) is 17.5 Å². The lowest BCUT2D eigenvalue weighted by Crippen LogP contribution is -2.29. The third-order valence-corrected chi connectivity index (χ3v) is 9.21. The van der Waals surface area contributed by atoms with Crippen LogP contribution in [0.1, 0.15) is 53.2 Å². The van der Waals surface area contributed by atoms with Crippen LogP contribution in [0.3, 0.4) is 0 Å². The van der Waals surface area contributed by atoms with Gasteiger partial charge in [0.05, 0.1) is 34.0 Å². The SMILES string of the molecule is C[SiH](C)OC(c1ccc2c(c1)cc(-c1cc([N+](=O)[O-])cn(COCC[Si](C)(C)C)c1=O)n2C(=O)OC(C)(C)C)C(C)(C)C. The molecule has 3 rings (SSSR count). The van der Waals surface area contributed by atoms with E-state index in [0.717, 1.165) is 11.6 Å². The van der Waals surface area contributed by atoms with Crippen molar-refractivity contribution in [2.24, 2.45) is 5.41 Å². The van der Waals surface area contributed by atoms with Crippen molar-refractivity contribution < 1.29 is 23.6 Å². The largest absolute Gasteiger partial charge is 0.443 e. The van der Waals surface area contributed by atoms with Crippen LogP contribution in [0.15, 0.2) is 41.3 Å². The molecular formula is C31H47N3O7Si2. The van der Waals surface area contributed by atoms with Crippen molar-refractivity contribution in [3.63, 3.8) is 0 Å². The number of rotatable bonds is 10. The van der Waals surface area contributed by atoms with Gasteiger partial charge in [-0.05, 0) is 69.1 Å². The van der Waals surface area contributed by atoms with E-state index in [1.54, 1.807) is 26.8 Å². The number of aromatic nitrogens is 2. The molecule has 2 aromatic heterocycles. The maximum absolute atomic E-state index is 13.8. The zero-order valence-electron chi connectivity index (χ0n) is 27.4. The van der Waals surface area contributed by atoms with Gasteiger partial charge in [-0.25, -0.2) is 9.36 Å². The van der Waals surface area contributed by atoms with Crippen molar-refractivity contribution in [1.82, 2.24) is 9.13 Å². The number of carbonyl (C=O) groups excluding carboxylic acids is 1. The Labute approximate surface area is 256 Å². The lowest BCUT2D eigenvalue weighted by atomic mass is 9.84. The van der Waals surface area contributed by atoms with Gasteiger partial charge < -0.3 is 13.9 Å². The number of ether oxygens (including phenoxy) is 2. The van der Waals surface area contributed by atoms with E-state index in [1.807, 2.05) is 18.2 Å². The molecule has 0 aliphatic carbocycles. The van der Waals surface area contributed by atoms with Gasteiger partial charge in [0.25, 0.3) is 11.2 Å². The highest BCUT2D eigenvalue weighted by Gasteiger charge is 2.30. The number of nitrogens with zero attached hydrogens (tertiary/aromatic N) is 3. The van der Waals surface area contributed by atoms with Crippen LogP contribution in [0, 0.1) is 15.5 Å². The Morgan fingerprint density at radius 3 is 2.26 bits per heavy atom. The Balaban J connectivity index is 2.25. The van der Waals surface area contributed by atoms with E-state index in [2.05, 4.69) is 53.5 Å². The Morgan fingerprint density at radius 1 is 1.07 bits per heavy atom. The van der Waals surface area contributed by atoms with Gasteiger partial charge in [0, 0.05) is 26.1 Å². The van der Waals surface area contributed by atoms with Gasteiger partial charge in [-0.3, -0.25) is 19.5 Å². The fourth-order valence-electron chi connectivity index (χ4n) is 4.69. The molecule has 236 valence electrons. The van der Waals surface area contributed by atoms with Gasteiger partial charge >= 0.3 is 6.09 Å². The Morgan fingerprint density at radius 2 is 1.72 bits per heavy atom. The molecule has 0 bridgehead atoms. The highest BCUT2D eigenvalue weighted by Crippen LogP contribution is 2.39. The quantitative estimate of drug-likeness (QED) is 0.0984. The van der Waals surface area contributed by atoms with Gasteiger partial charge in [-0.2, -0.15) is 0 Å². The van der Waals surface area contributed by atoms with E-state index in [4.69, 9.17) is 13.9 Å². The average molecular weight is 630 g/mol. The van der Waals surface area contributed by atoms with Gasteiger partial charge in [-0.15, -0.1) is 0 Å². The minimum absolute atomic E-state index is 0.00446. The van der Waals surface area contributed by atoms with Crippen LogP contribution >= 0.6 is 0 Å². The zero-order chi connectivity index (χ0) is 32.5. The van der Waals surface area contributed by atoms with Gasteiger partial charge in [0.2, 0.25) is 0 Å². The molecule has 0 saturated carbocycles. The smallest absolute Gasteiger partial charge is 0.419 e. The fraction of sp³-hybridized carbons (Fsp3) is 0.548. The number of hydrogen-bond acceptors (Lipinski definition) is 7. The molecule has 0 spiro atoms. The Hall–Kier alpha value is -3.07. The minimum atomic E-state index is -1.40. The number of fused-ring (bicyclic) bond motifs is 1. The summed E-state index contributed by atoms with van der Waals surface area (Å²) in [7, 11) is -2.78. The number of pyridine rings is 1. The third kappa shape index (κ3) is 8.97. The minimum Gasteiger partial charge on any atom is -0.443 e. The lowest BCUT2D eigenvalue weighted by molar-refractivity contribution is -0.385. The van der Waals surface area contributed by atoms with Crippen molar-refractivity contribution >= 4 is 39.8 Å². The summed E-state index contributed by atoms with van der Waals surface area (Å²) in [6.45, 7) is 22.8. The van der Waals surface area contributed by atoms with Crippen LogP contribution < -0.4 is 5.56 Å². The van der Waals surface area contributed by atoms with E-state index in [1.165, 1.54) is 21.4 Å². The van der Waals surface area contributed by atoms with E-state index >= 15 is 0 Å². The first-order valence-corrected chi connectivity index (χ1v) is 21.2. The van der Waals surface area contributed by atoms with Crippen molar-refractivity contribution in [3.8, 4) is 11.3 Å². The van der Waals surface area contributed by atoms with Crippen LogP contribution in [0.5, 0.6) is 0 Å². The van der Waals surface area contributed by atoms with Gasteiger partial charge in [-0.1, -0.05) is 46.5 Å². The summed E-state index contributed by atoms with van der Waals surface area (Å²) in [5, 5.41) is 12.6. The average Bonchev–Trinajstić information content (AvgIpc) is 3.22. The highest BCUT2D eigenvalue weighted by molar-refractivity contribution is 6.76. The summed E-state index contributed by atoms with van der Waals surface area (Å²) in [6.07, 6.45) is 0.313. The Bertz CT molecular complexity index is 1540. The zero-order valence-corrected chi connectivity index (χ0v) is 29.6. The summed E-state index contributed by atoms with van der Waals surface area (Å²) in [5.41, 5.74) is -0.119. The summed E-state index contributed by atoms with van der Waals surface area (Å²) in [4.78, 5) is 38.8. The van der Waals surface area contributed by atoms with Crippen molar-refractivity contribution in [1.29, 1.82) is 0 Å². The molecule has 0 saturated heterocycles. The summed E-state index contributed by atoms with van der Waals surface area (Å²) >= 11 is 0. The van der Waals surface area contributed by atoms with E-state index in [-0.39, 0.29) is 35.2 Å². The van der Waals surface area contributed by atoms with Crippen LogP contribution in [-0.2, 0) is 20.6 Å². The highest BCUT2D eigenvalue weighted by atomic mass is 28.3. The standard InChI is InChI=1S/C31H47N3O7Si2/c1-30(2,3)27(41-42(7)8)21-12-13-25-22(16-21)17-26(33(25)29(36)40-31(4,5)6)24-18-23(34(37)38)19-32(28(24)35)20-39-14-15-43(9,10)11/h12-13,16-19,27,42H,14-15,20H2,1-11H3. The fourth-order valence-corrected chi connectivity index (χ4v) is 6.56. The van der Waals surface area contributed by atoms with Crippen LogP contribution in [0.25, 0.3) is 22.2 Å². The molecule has 0 N–H and O–H groups in total. The topological polar surface area (TPSA) is 115 Å². The summed E-state index contributed by atoms with van der Waals surface area (Å²) < 4.78 is 20.5. The molecule has 10 nitrogen and oxygen atoms in total. The molecule has 43 heavy (non-hydrogen) atoms. The van der Waals surface area contributed by atoms with Crippen molar-refractivity contribution in [3.05, 3.63) is 62.6 Å². The predicted molar refractivity (Wildman–Crippen MR) is 176 cm³/mol. The van der Waals surface area contributed by atoms with Crippen LogP contribution in [-0.4, -0.2) is 49.5 Å². The van der Waals surface area contributed by atoms with Crippen molar-refractivity contribution in [2.75, 3.05) is 6.61 Å². The summed E-state index contributed by atoms with van der Waals surface area (Å²) in [6, 6.07) is 9.52. The molecule has 0 radical (unpaired) electrons. The monoisotopic (exact) mass is 629 g/mol. The Kier molecular flexibility index (Phi) is 10.3. The molecule has 0 fully saturated rings. The van der Waals surface area contributed by atoms with Gasteiger partial charge in [0.1, 0.15) is 12.3 Å². The lowest BCUT2D eigenvalue weighted by Gasteiger charge is -2.33. The second-order valence-electron chi connectivity index (χ2n) is 14.6. The molecule has 1 aromatic carbocycles. The number of nitro groups is 1. The third-order valence-electron chi connectivity index (χ3n) is 6.68. The van der Waals surface area contributed by atoms with Crippen LogP contribution in [0.2, 0.25) is 38.8 Å². The normalized spacial score (nSPS) is 13.5. The number of benzene rings is 1. The summed E-state index contributed by atoms with van der Waals surface area (Å²) in [5.74, 6) is 0. The second-order valence-corrected chi connectivity index (χ2v) is 22.6. The van der Waals surface area contributed by atoms with E-state index in [9.17, 15) is 19.7 Å². The first kappa shape index (κ1) is 34.4.